The maximum Gasteiger partial charge on any atom is 0.327 e. The van der Waals surface area contributed by atoms with Gasteiger partial charge in [-0.15, -0.1) is 5.10 Å². The molecular formula is C25H27N7O4. The van der Waals surface area contributed by atoms with Gasteiger partial charge in [0.25, 0.3) is 0 Å². The van der Waals surface area contributed by atoms with Crippen molar-refractivity contribution in [2.75, 3.05) is 12.4 Å². The van der Waals surface area contributed by atoms with Crippen molar-refractivity contribution in [3.63, 3.8) is 0 Å². The van der Waals surface area contributed by atoms with Gasteiger partial charge in [-0.1, -0.05) is 40.7 Å². The molecule has 0 bridgehead atoms. The molecule has 4 aromatic rings. The molecule has 3 heterocycles. The van der Waals surface area contributed by atoms with Crippen LogP contribution >= 0.6 is 0 Å². The van der Waals surface area contributed by atoms with E-state index >= 15 is 0 Å². The van der Waals surface area contributed by atoms with Crippen LogP contribution in [0.4, 0.5) is 11.8 Å². The van der Waals surface area contributed by atoms with E-state index in [0.717, 1.165) is 24.8 Å². The second-order valence-corrected chi connectivity index (χ2v) is 8.73. The van der Waals surface area contributed by atoms with Gasteiger partial charge in [-0.2, -0.15) is 4.98 Å². The van der Waals surface area contributed by atoms with Crippen LogP contribution < -0.4 is 10.1 Å². The number of pyridine rings is 1. The molecule has 1 aliphatic carbocycles. The van der Waals surface area contributed by atoms with Gasteiger partial charge in [0.2, 0.25) is 5.82 Å². The number of aryl methyl sites for hydroxylation is 2. The van der Waals surface area contributed by atoms with Gasteiger partial charge < -0.3 is 14.0 Å². The molecule has 1 aromatic carbocycles. The molecule has 11 nitrogen and oxygen atoms in total. The molecule has 0 spiro atoms. The number of hydrogen-bond acceptors (Lipinski definition) is 10. The molecular weight excluding hydrogens is 462 g/mol. The lowest BCUT2D eigenvalue weighted by Crippen LogP contribution is -2.30. The first-order valence-electron chi connectivity index (χ1n) is 11.8. The van der Waals surface area contributed by atoms with Crippen LogP contribution in [0.5, 0.6) is 5.75 Å². The average molecular weight is 490 g/mol. The van der Waals surface area contributed by atoms with Crippen LogP contribution in [0.2, 0.25) is 0 Å². The van der Waals surface area contributed by atoms with E-state index in [1.807, 2.05) is 49.4 Å². The molecule has 0 aliphatic heterocycles. The molecule has 0 radical (unpaired) electrons. The summed E-state index contributed by atoms with van der Waals surface area (Å²) in [6, 6.07) is 13.5. The number of esters is 1. The maximum absolute atomic E-state index is 11.9. The molecule has 0 amide bonds. The fourth-order valence-electron chi connectivity index (χ4n) is 4.37. The lowest BCUT2D eigenvalue weighted by molar-refractivity contribution is -0.147. The average Bonchev–Trinajstić information content (AvgIpc) is 3.52. The van der Waals surface area contributed by atoms with E-state index in [0.29, 0.717) is 40.9 Å². The van der Waals surface area contributed by atoms with Crippen molar-refractivity contribution in [3.05, 3.63) is 48.2 Å². The zero-order valence-electron chi connectivity index (χ0n) is 20.3. The molecule has 11 heteroatoms. The summed E-state index contributed by atoms with van der Waals surface area (Å²) in [6.45, 7) is 1.88. The van der Waals surface area contributed by atoms with Crippen molar-refractivity contribution in [2.24, 2.45) is 13.0 Å². The van der Waals surface area contributed by atoms with Gasteiger partial charge in [-0.25, -0.2) is 9.67 Å². The van der Waals surface area contributed by atoms with Crippen molar-refractivity contribution < 1.29 is 18.8 Å². The number of benzene rings is 1. The van der Waals surface area contributed by atoms with Crippen LogP contribution in [0.3, 0.4) is 0 Å². The van der Waals surface area contributed by atoms with Crippen molar-refractivity contribution in [3.8, 4) is 28.5 Å². The van der Waals surface area contributed by atoms with Crippen molar-refractivity contribution >= 4 is 17.8 Å². The molecule has 2 atom stereocenters. The minimum atomic E-state index is -0.173. The number of carbonyl (C=O) groups excluding carboxylic acids is 1. The van der Waals surface area contributed by atoms with E-state index in [1.54, 1.807) is 11.7 Å². The van der Waals surface area contributed by atoms with Crippen LogP contribution in [0.25, 0.3) is 22.8 Å². The van der Waals surface area contributed by atoms with Crippen LogP contribution in [-0.2, 0) is 16.6 Å². The fourth-order valence-corrected chi connectivity index (χ4v) is 4.37. The quantitative estimate of drug-likeness (QED) is 0.379. The van der Waals surface area contributed by atoms with Crippen LogP contribution in [0, 0.1) is 12.8 Å². The zero-order chi connectivity index (χ0) is 25.1. The molecule has 1 saturated carbocycles. The molecule has 1 aliphatic rings. The predicted octanol–water partition coefficient (Wildman–Crippen LogP) is 4.09. The third-order valence-electron chi connectivity index (χ3n) is 6.24. The Bertz CT molecular complexity index is 1350. The van der Waals surface area contributed by atoms with E-state index in [2.05, 4.69) is 25.8 Å². The molecule has 36 heavy (non-hydrogen) atoms. The first-order chi connectivity index (χ1) is 17.5. The summed E-state index contributed by atoms with van der Waals surface area (Å²) in [7, 11) is 3.19. The number of methoxy groups -OCH3 is 1. The first-order valence-corrected chi connectivity index (χ1v) is 11.8. The van der Waals surface area contributed by atoms with Gasteiger partial charge in [-0.05, 0) is 44.7 Å². The van der Waals surface area contributed by atoms with Gasteiger partial charge in [0.1, 0.15) is 5.75 Å². The van der Waals surface area contributed by atoms with Gasteiger partial charge >= 0.3 is 12.0 Å². The summed E-state index contributed by atoms with van der Waals surface area (Å²) in [5, 5.41) is 15.6. The number of rotatable bonds is 7. The molecule has 1 N–H and O–H groups in total. The number of nitrogens with zero attached hydrogens (tertiary/aromatic N) is 6. The molecule has 3 aromatic heterocycles. The van der Waals surface area contributed by atoms with Crippen molar-refractivity contribution in [1.29, 1.82) is 0 Å². The number of anilines is 2. The molecule has 1 fully saturated rings. The molecule has 5 rings (SSSR count). The summed E-state index contributed by atoms with van der Waals surface area (Å²) >= 11 is 0. The fraction of sp³-hybridized carbons (Fsp3) is 0.360. The highest BCUT2D eigenvalue weighted by atomic mass is 16.5. The summed E-state index contributed by atoms with van der Waals surface area (Å²) in [5.74, 6) is 1.42. The Morgan fingerprint density at radius 3 is 2.75 bits per heavy atom. The van der Waals surface area contributed by atoms with Gasteiger partial charge in [0.05, 0.1) is 30.5 Å². The Morgan fingerprint density at radius 2 is 1.97 bits per heavy atom. The Balaban J connectivity index is 1.32. The molecule has 0 saturated heterocycles. The summed E-state index contributed by atoms with van der Waals surface area (Å²) in [5.41, 5.74) is 2.72. The lowest BCUT2D eigenvalue weighted by Gasteiger charge is -2.28. The smallest absolute Gasteiger partial charge is 0.327 e. The second-order valence-electron chi connectivity index (χ2n) is 8.73. The zero-order valence-corrected chi connectivity index (χ0v) is 20.3. The number of aromatic nitrogens is 6. The number of nitrogens with one attached hydrogen (secondary N) is 1. The highest BCUT2D eigenvalue weighted by molar-refractivity contribution is 5.73. The van der Waals surface area contributed by atoms with E-state index in [4.69, 9.17) is 19.0 Å². The number of ether oxygens (including phenoxy) is 2. The summed E-state index contributed by atoms with van der Waals surface area (Å²) < 4.78 is 18.1. The van der Waals surface area contributed by atoms with Crippen molar-refractivity contribution in [2.45, 2.75) is 38.7 Å². The highest BCUT2D eigenvalue weighted by Crippen LogP contribution is 2.32. The third-order valence-corrected chi connectivity index (χ3v) is 6.24. The number of carbonyl (C=O) groups is 1. The van der Waals surface area contributed by atoms with E-state index in [9.17, 15) is 4.79 Å². The standard InChI is InChI=1S/C25H27N7O4/c1-15-20(35-18-11-7-10-17(14-18)24(33)34-3)13-12-19(26-15)21-23(32(2)31-29-21)28-25-27-22(30-36-25)16-8-5-4-6-9-16/h4-6,8-9,12-13,17-18H,7,10-11,14H2,1-3H3,(H,27,28,30)/t17-,18-/m0/s1. The van der Waals surface area contributed by atoms with Crippen LogP contribution in [0.15, 0.2) is 47.0 Å². The Labute approximate surface area is 207 Å². The predicted molar refractivity (Wildman–Crippen MR) is 130 cm³/mol. The summed E-state index contributed by atoms with van der Waals surface area (Å²) in [6.07, 6.45) is 3.23. The molecule has 0 unspecified atom stereocenters. The minimum absolute atomic E-state index is 0.0562. The molecule has 186 valence electrons. The van der Waals surface area contributed by atoms with E-state index in [-0.39, 0.29) is 24.0 Å². The van der Waals surface area contributed by atoms with Gasteiger partial charge in [0, 0.05) is 12.6 Å². The van der Waals surface area contributed by atoms with E-state index in [1.165, 1.54) is 7.11 Å². The van der Waals surface area contributed by atoms with E-state index < -0.39 is 0 Å². The third kappa shape index (κ3) is 4.90. The normalized spacial score (nSPS) is 17.5. The Morgan fingerprint density at radius 1 is 1.14 bits per heavy atom. The topological polar surface area (TPSA) is 130 Å². The Kier molecular flexibility index (Phi) is 6.61. The van der Waals surface area contributed by atoms with Gasteiger partial charge in [0.15, 0.2) is 11.5 Å². The number of hydrogen-bond donors (Lipinski definition) is 1. The minimum Gasteiger partial charge on any atom is -0.489 e. The van der Waals surface area contributed by atoms with Crippen LogP contribution in [-0.4, -0.2) is 49.3 Å². The van der Waals surface area contributed by atoms with Crippen molar-refractivity contribution in [1.82, 2.24) is 30.1 Å². The Hall–Kier alpha value is -4.28. The van der Waals surface area contributed by atoms with Gasteiger partial charge in [-0.3, -0.25) is 10.1 Å². The maximum atomic E-state index is 11.9. The lowest BCUT2D eigenvalue weighted by atomic mass is 9.87. The largest absolute Gasteiger partial charge is 0.489 e. The second kappa shape index (κ2) is 10.1. The first kappa shape index (κ1) is 23.5. The highest BCUT2D eigenvalue weighted by Gasteiger charge is 2.29. The summed E-state index contributed by atoms with van der Waals surface area (Å²) in [4.78, 5) is 21.1. The SMILES string of the molecule is COC(=O)[C@H]1CCC[C@H](Oc2ccc(-c3nnn(C)c3Nc3nc(-c4ccccc4)no3)nc2C)C1. The van der Waals surface area contributed by atoms with Crippen LogP contribution in [0.1, 0.15) is 31.4 Å². The monoisotopic (exact) mass is 489 g/mol.